The molecule has 4 aliphatic carbocycles. The molecular weight excluding hydrogens is 346 g/mol. The van der Waals surface area contributed by atoms with E-state index in [2.05, 4.69) is 49.1 Å². The van der Waals surface area contributed by atoms with E-state index < -0.39 is 0 Å². The molecule has 1 amide bonds. The maximum atomic E-state index is 13.4. The maximum Gasteiger partial charge on any atom is 0.231 e. The molecule has 0 spiro atoms. The molecule has 148 valence electrons. The lowest BCUT2D eigenvalue weighted by molar-refractivity contribution is -0.191. The van der Waals surface area contributed by atoms with E-state index in [-0.39, 0.29) is 11.5 Å². The number of carbonyl (C=O) groups is 1. The molecule has 1 atom stereocenters. The summed E-state index contributed by atoms with van der Waals surface area (Å²) in [5, 5.41) is 0. The van der Waals surface area contributed by atoms with Crippen molar-refractivity contribution in [3.8, 4) is 5.75 Å². The molecule has 0 N–H and O–H groups in total. The summed E-state index contributed by atoms with van der Waals surface area (Å²) in [5.41, 5.74) is 2.15. The summed E-state index contributed by atoms with van der Waals surface area (Å²) in [7, 11) is 0. The van der Waals surface area contributed by atoms with E-state index in [1.807, 2.05) is 0 Å². The fraction of sp³-hybridized carbons (Fsp3) is 0.640. The fourth-order valence-electron chi connectivity index (χ4n) is 7.61. The minimum absolute atomic E-state index is 0.149. The molecular formula is C25H31NO2. The van der Waals surface area contributed by atoms with Gasteiger partial charge >= 0.3 is 0 Å². The van der Waals surface area contributed by atoms with Crippen LogP contribution >= 0.6 is 0 Å². The van der Waals surface area contributed by atoms with Crippen molar-refractivity contribution >= 4 is 5.91 Å². The van der Waals surface area contributed by atoms with Crippen molar-refractivity contribution in [2.24, 2.45) is 29.1 Å². The second-order valence-electron chi connectivity index (χ2n) is 10.6. The van der Waals surface area contributed by atoms with E-state index in [0.717, 1.165) is 35.8 Å². The van der Waals surface area contributed by atoms with Gasteiger partial charge in [0, 0.05) is 11.6 Å². The third kappa shape index (κ3) is 2.25. The molecule has 6 aliphatic rings. The van der Waals surface area contributed by atoms with Crippen LogP contribution in [0.1, 0.15) is 63.1 Å². The highest BCUT2D eigenvalue weighted by Gasteiger charge is 2.62. The zero-order valence-corrected chi connectivity index (χ0v) is 17.1. The number of β-lactam (4-membered cyclic amide) rings is 1. The van der Waals surface area contributed by atoms with Crippen molar-refractivity contribution < 1.29 is 9.53 Å². The molecule has 2 heterocycles. The third-order valence-electron chi connectivity index (χ3n) is 8.50. The van der Waals surface area contributed by atoms with E-state index >= 15 is 0 Å². The zero-order chi connectivity index (χ0) is 19.0. The van der Waals surface area contributed by atoms with Crippen molar-refractivity contribution in [1.82, 2.24) is 4.90 Å². The average molecular weight is 378 g/mol. The second kappa shape index (κ2) is 5.87. The Balaban J connectivity index is 1.40. The van der Waals surface area contributed by atoms with E-state index in [0.29, 0.717) is 18.6 Å². The van der Waals surface area contributed by atoms with Crippen LogP contribution in [0, 0.1) is 29.1 Å². The number of para-hydroxylation sites is 1. The van der Waals surface area contributed by atoms with Gasteiger partial charge in [0.1, 0.15) is 12.4 Å². The molecule has 7 rings (SSSR count). The number of likely N-dealkylation sites (tertiary alicyclic amines) is 1. The molecule has 2 aliphatic heterocycles. The molecule has 4 bridgehead atoms. The second-order valence-corrected chi connectivity index (χ2v) is 10.6. The topological polar surface area (TPSA) is 29.5 Å². The number of ether oxygens (including phenoxy) is 1. The quantitative estimate of drug-likeness (QED) is 0.541. The predicted molar refractivity (Wildman–Crippen MR) is 109 cm³/mol. The van der Waals surface area contributed by atoms with Crippen LogP contribution in [0.5, 0.6) is 5.75 Å². The third-order valence-corrected chi connectivity index (χ3v) is 8.50. The summed E-state index contributed by atoms with van der Waals surface area (Å²) in [6.07, 6.45) is 12.1. The summed E-state index contributed by atoms with van der Waals surface area (Å²) in [5.74, 6) is 4.71. The Labute approximate surface area is 168 Å². The SMILES string of the molecule is CC1(C)C(=O)N(C2C3CC4CC(C3)CC2C4)C1c1cccc2c1OCC=CC2. The Hall–Kier alpha value is -1.77. The molecule has 1 aromatic carbocycles. The van der Waals surface area contributed by atoms with Crippen LogP contribution < -0.4 is 4.74 Å². The highest BCUT2D eigenvalue weighted by atomic mass is 16.5. The molecule has 28 heavy (non-hydrogen) atoms. The van der Waals surface area contributed by atoms with Gasteiger partial charge in [0.15, 0.2) is 0 Å². The fourth-order valence-corrected chi connectivity index (χ4v) is 7.61. The number of nitrogens with zero attached hydrogens (tertiary/aromatic N) is 1. The first-order chi connectivity index (χ1) is 13.5. The van der Waals surface area contributed by atoms with E-state index in [9.17, 15) is 4.79 Å². The summed E-state index contributed by atoms with van der Waals surface area (Å²) in [4.78, 5) is 15.7. The Kier molecular flexibility index (Phi) is 3.59. The number of hydrogen-bond donors (Lipinski definition) is 0. The average Bonchev–Trinajstić information content (AvgIpc) is 2.92. The van der Waals surface area contributed by atoms with Crippen LogP contribution in [0.4, 0.5) is 0 Å². The highest BCUT2D eigenvalue weighted by Crippen LogP contribution is 2.61. The number of carbonyl (C=O) groups excluding carboxylic acids is 1. The predicted octanol–water partition coefficient (Wildman–Crippen LogP) is 4.91. The molecule has 1 unspecified atom stereocenters. The summed E-state index contributed by atoms with van der Waals surface area (Å²) in [6.45, 7) is 4.91. The first-order valence-electron chi connectivity index (χ1n) is 11.3. The summed E-state index contributed by atoms with van der Waals surface area (Å²) >= 11 is 0. The summed E-state index contributed by atoms with van der Waals surface area (Å²) in [6, 6.07) is 7.15. The van der Waals surface area contributed by atoms with Gasteiger partial charge in [-0.15, -0.1) is 0 Å². The minimum Gasteiger partial charge on any atom is -0.489 e. The lowest BCUT2D eigenvalue weighted by Gasteiger charge is -2.64. The number of benzene rings is 1. The number of rotatable bonds is 2. The first kappa shape index (κ1) is 17.1. The van der Waals surface area contributed by atoms with Crippen molar-refractivity contribution in [3.05, 3.63) is 41.5 Å². The smallest absolute Gasteiger partial charge is 0.231 e. The van der Waals surface area contributed by atoms with Crippen molar-refractivity contribution in [3.63, 3.8) is 0 Å². The molecule has 5 fully saturated rings. The minimum atomic E-state index is -0.340. The van der Waals surface area contributed by atoms with Gasteiger partial charge in [-0.1, -0.05) is 30.4 Å². The zero-order valence-electron chi connectivity index (χ0n) is 17.1. The van der Waals surface area contributed by atoms with Crippen LogP contribution in [0.15, 0.2) is 30.4 Å². The number of allylic oxidation sites excluding steroid dienone is 1. The monoisotopic (exact) mass is 377 g/mol. The van der Waals surface area contributed by atoms with Gasteiger partial charge in [0.2, 0.25) is 5.91 Å². The molecule has 0 radical (unpaired) electrons. The Morgan fingerprint density at radius 2 is 1.71 bits per heavy atom. The Morgan fingerprint density at radius 1 is 1.00 bits per heavy atom. The molecule has 1 aromatic rings. The van der Waals surface area contributed by atoms with Crippen LogP contribution in [0.25, 0.3) is 0 Å². The molecule has 1 saturated heterocycles. The van der Waals surface area contributed by atoms with Gasteiger partial charge in [-0.2, -0.15) is 0 Å². The van der Waals surface area contributed by atoms with Crippen molar-refractivity contribution in [2.75, 3.05) is 6.61 Å². The normalized spacial score (nSPS) is 39.9. The standard InChI is InChI=1S/C25H31NO2/c1-25(2)23(20-8-5-7-17-6-3-4-9-28-22(17)20)26(24(25)27)21-18-11-15-10-16(13-18)14-19(21)12-15/h3-5,7-8,15-16,18-19,21,23H,6,9-14H2,1-2H3. The largest absolute Gasteiger partial charge is 0.489 e. The van der Waals surface area contributed by atoms with Crippen molar-refractivity contribution in [2.45, 2.75) is 64.5 Å². The molecule has 3 heteroatoms. The van der Waals surface area contributed by atoms with Gasteiger partial charge in [-0.05, 0) is 81.6 Å². The van der Waals surface area contributed by atoms with Crippen molar-refractivity contribution in [1.29, 1.82) is 0 Å². The summed E-state index contributed by atoms with van der Waals surface area (Å²) < 4.78 is 6.19. The van der Waals surface area contributed by atoms with Gasteiger partial charge < -0.3 is 9.64 Å². The molecule has 4 saturated carbocycles. The van der Waals surface area contributed by atoms with E-state index in [1.165, 1.54) is 43.2 Å². The molecule has 0 aromatic heterocycles. The van der Waals surface area contributed by atoms with Gasteiger partial charge in [-0.25, -0.2) is 0 Å². The number of hydrogen-bond acceptors (Lipinski definition) is 2. The maximum absolute atomic E-state index is 13.4. The Morgan fingerprint density at radius 3 is 2.43 bits per heavy atom. The first-order valence-corrected chi connectivity index (χ1v) is 11.3. The Bertz CT molecular complexity index is 826. The van der Waals surface area contributed by atoms with Crippen LogP contribution in [0.2, 0.25) is 0 Å². The van der Waals surface area contributed by atoms with Crippen LogP contribution in [-0.4, -0.2) is 23.5 Å². The lowest BCUT2D eigenvalue weighted by Crippen LogP contribution is -2.69. The van der Waals surface area contributed by atoms with Gasteiger partial charge in [0.05, 0.1) is 11.5 Å². The van der Waals surface area contributed by atoms with Crippen LogP contribution in [-0.2, 0) is 11.2 Å². The van der Waals surface area contributed by atoms with E-state index in [1.54, 1.807) is 0 Å². The molecule has 3 nitrogen and oxygen atoms in total. The van der Waals surface area contributed by atoms with E-state index in [4.69, 9.17) is 4.74 Å². The van der Waals surface area contributed by atoms with Gasteiger partial charge in [-0.3, -0.25) is 4.79 Å². The van der Waals surface area contributed by atoms with Gasteiger partial charge in [0.25, 0.3) is 0 Å². The number of fused-ring (bicyclic) bond motifs is 1. The number of amides is 1. The highest BCUT2D eigenvalue weighted by molar-refractivity contribution is 5.90. The lowest BCUT2D eigenvalue weighted by atomic mass is 9.52. The van der Waals surface area contributed by atoms with Crippen LogP contribution in [0.3, 0.4) is 0 Å².